The van der Waals surface area contributed by atoms with Crippen molar-refractivity contribution in [3.8, 4) is 5.75 Å². The summed E-state index contributed by atoms with van der Waals surface area (Å²) >= 11 is 0. The van der Waals surface area contributed by atoms with Gasteiger partial charge in [-0.05, 0) is 26.3 Å². The first kappa shape index (κ1) is 17.9. The van der Waals surface area contributed by atoms with Crippen LogP contribution in [0.1, 0.15) is 37.6 Å². The quantitative estimate of drug-likeness (QED) is 0.800. The van der Waals surface area contributed by atoms with Crippen LogP contribution in [-0.4, -0.2) is 37.9 Å². The van der Waals surface area contributed by atoms with Crippen LogP contribution in [0.25, 0.3) is 0 Å². The van der Waals surface area contributed by atoms with Gasteiger partial charge in [0.25, 0.3) is 0 Å². The van der Waals surface area contributed by atoms with Gasteiger partial charge in [-0.25, -0.2) is 0 Å². The first-order valence-electron chi connectivity index (χ1n) is 7.71. The van der Waals surface area contributed by atoms with Crippen LogP contribution in [-0.2, 0) is 11.2 Å². The van der Waals surface area contributed by atoms with Crippen molar-refractivity contribution < 1.29 is 9.47 Å². The van der Waals surface area contributed by atoms with E-state index in [2.05, 4.69) is 38.0 Å². The molecular weight excluding hydrogens is 264 g/mol. The molecule has 1 aromatic rings. The van der Waals surface area contributed by atoms with Crippen molar-refractivity contribution in [2.24, 2.45) is 5.92 Å². The van der Waals surface area contributed by atoms with E-state index in [4.69, 9.17) is 9.47 Å². The maximum absolute atomic E-state index is 5.70. The summed E-state index contributed by atoms with van der Waals surface area (Å²) < 4.78 is 11.2. The number of aryl methyl sites for hydroxylation is 1. The Kier molecular flexibility index (Phi) is 7.12. The van der Waals surface area contributed by atoms with Crippen LogP contribution in [0.5, 0.6) is 5.75 Å². The number of likely N-dealkylation sites (N-methyl/N-ethyl adjacent to an activating group) is 1. The summed E-state index contributed by atoms with van der Waals surface area (Å²) in [4.78, 5) is 4.61. The number of aromatic nitrogens is 1. The highest BCUT2D eigenvalue weighted by Gasteiger charge is 2.25. The number of methoxy groups -OCH3 is 2. The molecule has 0 aliphatic carbocycles. The molecule has 0 aliphatic rings. The van der Waals surface area contributed by atoms with Gasteiger partial charge in [-0.1, -0.05) is 20.8 Å². The van der Waals surface area contributed by atoms with Crippen LogP contribution >= 0.6 is 0 Å². The lowest BCUT2D eigenvalue weighted by atomic mass is 9.94. The smallest absolute Gasteiger partial charge is 0.128 e. The second-order valence-corrected chi connectivity index (χ2v) is 5.86. The van der Waals surface area contributed by atoms with Crippen molar-refractivity contribution in [3.63, 3.8) is 0 Å². The highest BCUT2D eigenvalue weighted by atomic mass is 16.5. The van der Waals surface area contributed by atoms with Gasteiger partial charge in [-0.15, -0.1) is 0 Å². The third-order valence-corrected chi connectivity index (χ3v) is 3.96. The normalized spacial score (nSPS) is 14.3. The van der Waals surface area contributed by atoms with Crippen molar-refractivity contribution in [2.45, 2.75) is 53.2 Å². The minimum atomic E-state index is 0.165. The average Bonchev–Trinajstić information content (AvgIpc) is 2.43. The number of hydrogen-bond acceptors (Lipinski definition) is 4. The molecule has 0 saturated heterocycles. The minimum absolute atomic E-state index is 0.165. The van der Waals surface area contributed by atoms with E-state index in [1.807, 2.05) is 13.1 Å². The third-order valence-electron chi connectivity index (χ3n) is 3.96. The monoisotopic (exact) mass is 294 g/mol. The molecule has 0 fully saturated rings. The Bertz CT molecular complexity index is 447. The van der Waals surface area contributed by atoms with Gasteiger partial charge in [0.05, 0.1) is 13.2 Å². The Balaban J connectivity index is 3.04. The molecule has 0 radical (unpaired) electrons. The minimum Gasteiger partial charge on any atom is -0.496 e. The van der Waals surface area contributed by atoms with E-state index >= 15 is 0 Å². The van der Waals surface area contributed by atoms with Gasteiger partial charge < -0.3 is 14.8 Å². The molecule has 1 aromatic heterocycles. The average molecular weight is 294 g/mol. The molecule has 4 nitrogen and oxygen atoms in total. The highest BCUT2D eigenvalue weighted by Crippen LogP contribution is 2.25. The predicted octanol–water partition coefficient (Wildman–Crippen LogP) is 2.90. The maximum Gasteiger partial charge on any atom is 0.128 e. The number of nitrogens with one attached hydrogen (secondary N) is 1. The number of pyridine rings is 1. The first-order valence-corrected chi connectivity index (χ1v) is 7.71. The molecule has 1 rings (SSSR count). The molecule has 2 unspecified atom stereocenters. The lowest BCUT2D eigenvalue weighted by Crippen LogP contribution is -2.45. The Morgan fingerprint density at radius 2 is 1.90 bits per heavy atom. The van der Waals surface area contributed by atoms with E-state index in [0.717, 1.165) is 35.5 Å². The zero-order chi connectivity index (χ0) is 16.0. The van der Waals surface area contributed by atoms with E-state index in [1.165, 1.54) is 0 Å². The summed E-state index contributed by atoms with van der Waals surface area (Å²) in [6.07, 6.45) is 2.90. The van der Waals surface area contributed by atoms with E-state index in [9.17, 15) is 0 Å². The van der Waals surface area contributed by atoms with Crippen LogP contribution in [0, 0.1) is 19.8 Å². The molecule has 2 atom stereocenters. The van der Waals surface area contributed by atoms with E-state index in [1.54, 1.807) is 14.2 Å². The molecule has 0 saturated carbocycles. The van der Waals surface area contributed by atoms with Crippen LogP contribution in [0.2, 0.25) is 0 Å². The van der Waals surface area contributed by atoms with Crippen LogP contribution in [0.4, 0.5) is 0 Å². The summed E-state index contributed by atoms with van der Waals surface area (Å²) in [7, 11) is 3.50. The van der Waals surface area contributed by atoms with E-state index < -0.39 is 0 Å². The Morgan fingerprint density at radius 3 is 2.38 bits per heavy atom. The van der Waals surface area contributed by atoms with Crippen molar-refractivity contribution >= 4 is 0 Å². The number of rotatable bonds is 8. The second kappa shape index (κ2) is 8.35. The van der Waals surface area contributed by atoms with Crippen molar-refractivity contribution in [1.29, 1.82) is 0 Å². The molecule has 120 valence electrons. The SMILES string of the molecule is CCNC(Cc1ncc(C)c(OC)c1C)C(OC)C(C)C. The topological polar surface area (TPSA) is 43.4 Å². The molecule has 1 heterocycles. The Hall–Kier alpha value is -1.13. The highest BCUT2D eigenvalue weighted by molar-refractivity contribution is 5.41. The van der Waals surface area contributed by atoms with Gasteiger partial charge in [-0.2, -0.15) is 0 Å². The molecule has 0 bridgehead atoms. The van der Waals surface area contributed by atoms with Crippen LogP contribution in [0.3, 0.4) is 0 Å². The molecule has 0 aliphatic heterocycles. The summed E-state index contributed by atoms with van der Waals surface area (Å²) in [5, 5.41) is 3.54. The van der Waals surface area contributed by atoms with Crippen molar-refractivity contribution in [1.82, 2.24) is 10.3 Å². The summed E-state index contributed by atoms with van der Waals surface area (Å²) in [5.74, 6) is 1.39. The van der Waals surface area contributed by atoms with Gasteiger partial charge in [0, 0.05) is 42.6 Å². The molecule has 21 heavy (non-hydrogen) atoms. The molecule has 0 aromatic carbocycles. The number of nitrogens with zero attached hydrogens (tertiary/aromatic N) is 1. The second-order valence-electron chi connectivity index (χ2n) is 5.86. The zero-order valence-electron chi connectivity index (χ0n) is 14.5. The van der Waals surface area contributed by atoms with Gasteiger partial charge in [0.15, 0.2) is 0 Å². The molecular formula is C17H30N2O2. The Morgan fingerprint density at radius 1 is 1.24 bits per heavy atom. The van der Waals surface area contributed by atoms with Gasteiger partial charge in [0.2, 0.25) is 0 Å². The standard InChI is InChI=1S/C17H30N2O2/c1-8-18-15(16(20-6)11(2)3)9-14-13(5)17(21-7)12(4)10-19-14/h10-11,15-16,18H,8-9H2,1-7H3. The van der Waals surface area contributed by atoms with E-state index in [-0.39, 0.29) is 12.1 Å². The summed E-state index contributed by atoms with van der Waals surface area (Å²) in [5.41, 5.74) is 3.27. The predicted molar refractivity (Wildman–Crippen MR) is 87.1 cm³/mol. The summed E-state index contributed by atoms with van der Waals surface area (Å²) in [6, 6.07) is 0.249. The van der Waals surface area contributed by atoms with Gasteiger partial charge >= 0.3 is 0 Å². The van der Waals surface area contributed by atoms with Gasteiger partial charge in [-0.3, -0.25) is 4.98 Å². The molecule has 1 N–H and O–H groups in total. The van der Waals surface area contributed by atoms with E-state index in [0.29, 0.717) is 5.92 Å². The van der Waals surface area contributed by atoms with Crippen LogP contribution < -0.4 is 10.1 Å². The van der Waals surface area contributed by atoms with Crippen LogP contribution in [0.15, 0.2) is 6.20 Å². The first-order chi connectivity index (χ1) is 9.96. The van der Waals surface area contributed by atoms with Crippen molar-refractivity contribution in [3.05, 3.63) is 23.0 Å². The Labute approximate surface area is 129 Å². The summed E-state index contributed by atoms with van der Waals surface area (Å²) in [6.45, 7) is 11.5. The fraction of sp³-hybridized carbons (Fsp3) is 0.706. The lowest BCUT2D eigenvalue weighted by molar-refractivity contribution is 0.0334. The number of hydrogen-bond donors (Lipinski definition) is 1. The lowest BCUT2D eigenvalue weighted by Gasteiger charge is -2.30. The zero-order valence-corrected chi connectivity index (χ0v) is 14.5. The maximum atomic E-state index is 5.70. The van der Waals surface area contributed by atoms with Gasteiger partial charge in [0.1, 0.15) is 5.75 Å². The fourth-order valence-electron chi connectivity index (χ4n) is 2.95. The molecule has 0 spiro atoms. The molecule has 4 heteroatoms. The molecule has 0 amide bonds. The number of ether oxygens (including phenoxy) is 2. The largest absolute Gasteiger partial charge is 0.496 e. The van der Waals surface area contributed by atoms with Crippen molar-refractivity contribution in [2.75, 3.05) is 20.8 Å². The third kappa shape index (κ3) is 4.42. The fourth-order valence-corrected chi connectivity index (χ4v) is 2.95.